The number of rotatable bonds is 11. The molecule has 13 nitrogen and oxygen atoms in total. The predicted octanol–water partition coefficient (Wildman–Crippen LogP) is 2.99. The van der Waals surface area contributed by atoms with Gasteiger partial charge in [-0.15, -0.1) is 28.2 Å². The van der Waals surface area contributed by atoms with Gasteiger partial charge in [0.2, 0.25) is 0 Å². The van der Waals surface area contributed by atoms with Crippen molar-refractivity contribution in [3.8, 4) is 0 Å². The second-order valence-corrected chi connectivity index (χ2v) is 12.6. The van der Waals surface area contributed by atoms with E-state index in [1.807, 2.05) is 60.7 Å². The van der Waals surface area contributed by atoms with Crippen LogP contribution >= 0.6 is 34.6 Å². The van der Waals surface area contributed by atoms with Crippen molar-refractivity contribution in [2.75, 3.05) is 25.2 Å². The highest BCUT2D eigenvalue weighted by Crippen LogP contribution is 2.37. The third-order valence-corrected chi connectivity index (χ3v) is 9.42. The molecule has 230 valence electrons. The molecule has 0 spiro atoms. The van der Waals surface area contributed by atoms with Crippen LogP contribution in [0.1, 0.15) is 22.9 Å². The van der Waals surface area contributed by atoms with Gasteiger partial charge in [0.25, 0.3) is 11.8 Å². The Balaban J connectivity index is 1.28. The minimum Gasteiger partial charge on any atom is -0.492 e. The maximum atomic E-state index is 14.0. The number of ether oxygens (including phenoxy) is 2. The summed E-state index contributed by atoms with van der Waals surface area (Å²) >= 11 is 3.70. The van der Waals surface area contributed by atoms with E-state index in [4.69, 9.17) is 20.0 Å². The summed E-state index contributed by atoms with van der Waals surface area (Å²) in [6.07, 6.45) is 0.855. The highest BCUT2D eigenvalue weighted by atomic mass is 32.2. The molecular formula is C29H25N7O6S3. The topological polar surface area (TPSA) is 171 Å². The molecule has 4 aromatic rings. The highest BCUT2D eigenvalue weighted by Gasteiger charge is 2.55. The van der Waals surface area contributed by atoms with Crippen LogP contribution in [0, 0.1) is 0 Å². The Morgan fingerprint density at radius 2 is 1.89 bits per heavy atom. The molecule has 0 saturated carbocycles. The number of aromatic nitrogens is 3. The van der Waals surface area contributed by atoms with Crippen LogP contribution in [0.4, 0.5) is 5.13 Å². The fraction of sp³-hybridized carbons (Fsp3) is 0.207. The van der Waals surface area contributed by atoms with Crippen LogP contribution in [0.5, 0.6) is 0 Å². The lowest BCUT2D eigenvalue weighted by molar-refractivity contribution is -0.163. The van der Waals surface area contributed by atoms with E-state index in [0.29, 0.717) is 0 Å². The summed E-state index contributed by atoms with van der Waals surface area (Å²) in [6.45, 7) is 0.0332. The number of carbonyl (C=O) groups is 3. The van der Waals surface area contributed by atoms with Crippen LogP contribution in [0.25, 0.3) is 0 Å². The molecule has 2 aliphatic rings. The highest BCUT2D eigenvalue weighted by molar-refractivity contribution is 8.01. The third kappa shape index (κ3) is 6.38. The molecule has 2 aliphatic heterocycles. The van der Waals surface area contributed by atoms with Gasteiger partial charge in [-0.05, 0) is 22.7 Å². The molecule has 1 fully saturated rings. The summed E-state index contributed by atoms with van der Waals surface area (Å²) in [5.74, 6) is -1.45. The number of hydrogen-bond acceptors (Lipinski definition) is 14. The first-order valence-electron chi connectivity index (χ1n) is 13.5. The maximum Gasteiger partial charge on any atom is 0.359 e. The number of nitrogen functional groups attached to an aromatic ring is 1. The van der Waals surface area contributed by atoms with Crippen LogP contribution in [0.3, 0.4) is 0 Å². The first-order chi connectivity index (χ1) is 21.9. The molecule has 3 N–H and O–H groups in total. The number of nitrogens with two attached hydrogens (primary N) is 1. The molecule has 2 aromatic carbocycles. The lowest BCUT2D eigenvalue weighted by Crippen LogP contribution is -2.73. The molecule has 2 atom stereocenters. The first-order valence-corrected chi connectivity index (χ1v) is 16.1. The molecule has 1 saturated heterocycles. The summed E-state index contributed by atoms with van der Waals surface area (Å²) in [4.78, 5) is 51.2. The average molecular weight is 664 g/mol. The smallest absolute Gasteiger partial charge is 0.359 e. The number of fused-ring (bicyclic) bond motifs is 1. The number of thioether (sulfide) groups is 1. The predicted molar refractivity (Wildman–Crippen MR) is 167 cm³/mol. The van der Waals surface area contributed by atoms with E-state index in [1.54, 1.807) is 11.6 Å². The number of nitrogens with zero attached hydrogens (tertiary/aromatic N) is 5. The largest absolute Gasteiger partial charge is 0.492 e. The molecule has 2 unspecified atom stereocenters. The number of β-lactam (4-membered cyclic amide) rings is 1. The van der Waals surface area contributed by atoms with E-state index < -0.39 is 36.0 Å². The molecule has 0 aliphatic carbocycles. The quantitative estimate of drug-likeness (QED) is 0.0795. The van der Waals surface area contributed by atoms with Crippen molar-refractivity contribution in [2.45, 2.75) is 22.4 Å². The van der Waals surface area contributed by atoms with E-state index in [-0.39, 0.29) is 40.4 Å². The molecule has 2 aromatic heterocycles. The molecular weight excluding hydrogens is 639 g/mol. The van der Waals surface area contributed by atoms with E-state index >= 15 is 0 Å². The lowest BCUT2D eigenvalue weighted by Gasteiger charge is -2.49. The minimum atomic E-state index is -1.00. The van der Waals surface area contributed by atoms with Gasteiger partial charge in [0.1, 0.15) is 41.5 Å². The number of carbonyl (C=O) groups excluding carboxylic acids is 3. The van der Waals surface area contributed by atoms with Gasteiger partial charge in [-0.1, -0.05) is 70.3 Å². The Bertz CT molecular complexity index is 1710. The second kappa shape index (κ2) is 13.5. The molecule has 0 radical (unpaired) electrons. The van der Waals surface area contributed by atoms with Crippen molar-refractivity contribution < 1.29 is 28.7 Å². The number of nitrogens with one attached hydrogen (secondary N) is 1. The van der Waals surface area contributed by atoms with Gasteiger partial charge < -0.3 is 25.4 Å². The molecule has 2 amide bonds. The Morgan fingerprint density at radius 3 is 2.49 bits per heavy atom. The van der Waals surface area contributed by atoms with Crippen LogP contribution in [0.2, 0.25) is 0 Å². The van der Waals surface area contributed by atoms with Crippen LogP contribution in [-0.4, -0.2) is 74.5 Å². The minimum absolute atomic E-state index is 0.0263. The molecule has 4 heterocycles. The summed E-state index contributed by atoms with van der Waals surface area (Å²) in [5.41, 5.74) is 7.27. The average Bonchev–Trinajstić information content (AvgIpc) is 3.76. The standard InChI is InChI=1S/C29H25N7O6S3/c1-40-34-22(18-14-44-29(30)32-18)26(37)33-23-19-13-41-20(15-43-21-12-31-35-45-21)24(36(19)27(23)38)28(39)42-25(16-8-4-2-5-9-16)17-10-6-3-7-11-17/h2-12,14,19,23,25H,13,15H2,1H3,(H2,30,32)(H,33,37)/b34-22-. The fourth-order valence-corrected chi connectivity index (χ4v) is 6.79. The maximum absolute atomic E-state index is 14.0. The molecule has 0 bridgehead atoms. The van der Waals surface area contributed by atoms with Gasteiger partial charge >= 0.3 is 5.97 Å². The Kier molecular flexibility index (Phi) is 9.04. The summed E-state index contributed by atoms with van der Waals surface area (Å²) in [6, 6.07) is 16.9. The van der Waals surface area contributed by atoms with Gasteiger partial charge in [0.15, 0.2) is 22.6 Å². The van der Waals surface area contributed by atoms with E-state index in [1.165, 1.54) is 35.3 Å². The number of thiazole rings is 1. The Labute approximate surface area is 269 Å². The SMILES string of the molecule is CO/N=C(\C(=O)NC1C(=O)N2C(C(=O)OC(c3ccccc3)c3ccccc3)=C(CSc3cnns3)OCC12)c1csc(N)n1. The van der Waals surface area contributed by atoms with E-state index in [2.05, 4.69) is 25.0 Å². The second-order valence-electron chi connectivity index (χ2n) is 9.63. The van der Waals surface area contributed by atoms with Gasteiger partial charge in [0, 0.05) is 5.38 Å². The van der Waals surface area contributed by atoms with Crippen molar-refractivity contribution >= 4 is 63.3 Å². The summed E-state index contributed by atoms with van der Waals surface area (Å²) in [5, 5.41) is 12.1. The number of oxime groups is 1. The lowest BCUT2D eigenvalue weighted by atomic mass is 9.92. The monoisotopic (exact) mass is 663 g/mol. The first kappa shape index (κ1) is 30.2. The van der Waals surface area contributed by atoms with Crippen LogP contribution in [0.15, 0.2) is 93.1 Å². The number of anilines is 1. The van der Waals surface area contributed by atoms with Crippen molar-refractivity contribution in [2.24, 2.45) is 5.16 Å². The van der Waals surface area contributed by atoms with Gasteiger partial charge in [-0.3, -0.25) is 14.5 Å². The Hall–Kier alpha value is -4.80. The van der Waals surface area contributed by atoms with E-state index in [0.717, 1.165) is 26.7 Å². The number of benzene rings is 2. The van der Waals surface area contributed by atoms with Crippen molar-refractivity contribution in [3.63, 3.8) is 0 Å². The zero-order chi connectivity index (χ0) is 31.3. The van der Waals surface area contributed by atoms with E-state index in [9.17, 15) is 14.4 Å². The van der Waals surface area contributed by atoms with Gasteiger partial charge in [0.05, 0.1) is 11.9 Å². The van der Waals surface area contributed by atoms with Crippen molar-refractivity contribution in [1.29, 1.82) is 0 Å². The summed E-state index contributed by atoms with van der Waals surface area (Å²) < 4.78 is 16.9. The zero-order valence-electron chi connectivity index (χ0n) is 23.6. The van der Waals surface area contributed by atoms with Crippen LogP contribution < -0.4 is 11.1 Å². The molecule has 6 rings (SSSR count). The van der Waals surface area contributed by atoms with Gasteiger partial charge in [-0.25, -0.2) is 9.78 Å². The number of amides is 2. The molecule has 45 heavy (non-hydrogen) atoms. The molecule has 16 heteroatoms. The zero-order valence-corrected chi connectivity index (χ0v) is 26.0. The normalized spacial score (nSPS) is 17.8. The number of esters is 1. The van der Waals surface area contributed by atoms with Crippen molar-refractivity contribution in [3.05, 3.63) is 101 Å². The van der Waals surface area contributed by atoms with Crippen molar-refractivity contribution in [1.82, 2.24) is 24.8 Å². The summed E-state index contributed by atoms with van der Waals surface area (Å²) in [7, 11) is 1.29. The van der Waals surface area contributed by atoms with Crippen LogP contribution in [-0.2, 0) is 28.7 Å². The Morgan fingerprint density at radius 1 is 1.18 bits per heavy atom. The fourth-order valence-electron chi connectivity index (χ4n) is 4.87. The third-order valence-electron chi connectivity index (χ3n) is 6.91. The number of hydrogen-bond donors (Lipinski definition) is 2. The van der Waals surface area contributed by atoms with Gasteiger partial charge in [-0.2, -0.15) is 0 Å².